The van der Waals surface area contributed by atoms with Gasteiger partial charge in [-0.1, -0.05) is 6.07 Å². The van der Waals surface area contributed by atoms with Gasteiger partial charge in [0.1, 0.15) is 6.26 Å². The Hall–Kier alpha value is -0.740. The fourth-order valence-electron chi connectivity index (χ4n) is 2.31. The van der Waals surface area contributed by atoms with E-state index in [1.165, 1.54) is 18.6 Å². The van der Waals surface area contributed by atoms with Crippen molar-refractivity contribution in [2.75, 3.05) is 19.3 Å². The molecule has 2 aromatic heterocycles. The van der Waals surface area contributed by atoms with Crippen molar-refractivity contribution in [1.29, 1.82) is 0 Å². The van der Waals surface area contributed by atoms with Crippen molar-refractivity contribution >= 4 is 53.0 Å². The van der Waals surface area contributed by atoms with E-state index in [9.17, 15) is 0 Å². The molecule has 0 aromatic carbocycles. The fourth-order valence-corrected chi connectivity index (χ4v) is 4.17. The summed E-state index contributed by atoms with van der Waals surface area (Å²) in [6.45, 7) is 1.57. The Kier molecular flexibility index (Phi) is 7.71. The Labute approximate surface area is 161 Å². The summed E-state index contributed by atoms with van der Waals surface area (Å²) < 4.78 is 5.51. The van der Waals surface area contributed by atoms with Gasteiger partial charge in [0.05, 0.1) is 17.1 Å². The van der Waals surface area contributed by atoms with Crippen molar-refractivity contribution in [1.82, 2.24) is 15.6 Å². The number of rotatable bonds is 5. The molecule has 8 heteroatoms. The summed E-state index contributed by atoms with van der Waals surface area (Å²) >= 11 is 3.67. The Bertz CT molecular complexity index is 609. The third-order valence-corrected chi connectivity index (χ3v) is 5.72. The highest BCUT2D eigenvalue weighted by atomic mass is 127. The van der Waals surface area contributed by atoms with Gasteiger partial charge in [0.25, 0.3) is 0 Å². The summed E-state index contributed by atoms with van der Waals surface area (Å²) in [5, 5.41) is 9.38. The van der Waals surface area contributed by atoms with Crippen LogP contribution in [0, 0.1) is 0 Å². The van der Waals surface area contributed by atoms with Crippen LogP contribution in [0.3, 0.4) is 0 Å². The number of thioether (sulfide) groups is 1. The Balaban J connectivity index is 0.00000192. The molecule has 1 aliphatic rings. The third kappa shape index (κ3) is 5.39. The average Bonchev–Trinajstić information content (AvgIpc) is 3.29. The van der Waals surface area contributed by atoms with E-state index in [2.05, 4.69) is 20.6 Å². The number of aliphatic imine (C=N–C) groups is 1. The molecule has 0 bridgehead atoms. The van der Waals surface area contributed by atoms with Crippen molar-refractivity contribution in [3.63, 3.8) is 0 Å². The van der Waals surface area contributed by atoms with Gasteiger partial charge < -0.3 is 15.1 Å². The number of oxazole rings is 1. The first-order valence-electron chi connectivity index (χ1n) is 7.39. The van der Waals surface area contributed by atoms with Gasteiger partial charge in [0.15, 0.2) is 5.96 Å². The molecule has 1 saturated heterocycles. The highest BCUT2D eigenvalue weighted by Crippen LogP contribution is 2.25. The van der Waals surface area contributed by atoms with Gasteiger partial charge in [-0.25, -0.2) is 4.98 Å². The van der Waals surface area contributed by atoms with Crippen LogP contribution in [0.5, 0.6) is 0 Å². The summed E-state index contributed by atoms with van der Waals surface area (Å²) in [5.41, 5.74) is 0.876. The lowest BCUT2D eigenvalue weighted by Crippen LogP contribution is -2.39. The van der Waals surface area contributed by atoms with Gasteiger partial charge in [-0.3, -0.25) is 4.99 Å². The molecule has 1 unspecified atom stereocenters. The molecule has 3 heterocycles. The standard InChI is InChI=1S/C15H20N4OS2.HI/c1-16-15(18-9-12-4-2-6-21-12)17-8-11-10-20-14(19-11)13-5-3-7-22-13;/h3,5,7,10,12H,2,4,6,8-9H2,1H3,(H2,16,17,18);1H. The maximum absolute atomic E-state index is 5.51. The van der Waals surface area contributed by atoms with Crippen molar-refractivity contribution in [3.05, 3.63) is 29.5 Å². The maximum Gasteiger partial charge on any atom is 0.236 e. The largest absolute Gasteiger partial charge is 0.443 e. The molecule has 126 valence electrons. The zero-order chi connectivity index (χ0) is 15.2. The van der Waals surface area contributed by atoms with E-state index in [4.69, 9.17) is 4.42 Å². The van der Waals surface area contributed by atoms with Crippen molar-refractivity contribution < 1.29 is 4.42 Å². The molecule has 0 radical (unpaired) electrons. The molecule has 1 aliphatic heterocycles. The van der Waals surface area contributed by atoms with Gasteiger partial charge in [-0.15, -0.1) is 35.3 Å². The van der Waals surface area contributed by atoms with Gasteiger partial charge in [0.2, 0.25) is 5.89 Å². The van der Waals surface area contributed by atoms with Crippen LogP contribution in [-0.4, -0.2) is 35.5 Å². The molecule has 0 aliphatic carbocycles. The molecule has 2 N–H and O–H groups in total. The summed E-state index contributed by atoms with van der Waals surface area (Å²) in [5.74, 6) is 2.77. The number of nitrogens with one attached hydrogen (secondary N) is 2. The minimum absolute atomic E-state index is 0. The highest BCUT2D eigenvalue weighted by molar-refractivity contribution is 14.0. The van der Waals surface area contributed by atoms with Gasteiger partial charge in [0, 0.05) is 18.8 Å². The van der Waals surface area contributed by atoms with Gasteiger partial charge in [-0.2, -0.15) is 11.8 Å². The normalized spacial score (nSPS) is 17.8. The Morgan fingerprint density at radius 2 is 2.39 bits per heavy atom. The second-order valence-corrected chi connectivity index (χ2v) is 7.42. The van der Waals surface area contributed by atoms with Crippen molar-refractivity contribution in [2.24, 2.45) is 4.99 Å². The molecule has 23 heavy (non-hydrogen) atoms. The number of halogens is 1. The van der Waals surface area contributed by atoms with E-state index in [1.54, 1.807) is 24.6 Å². The minimum atomic E-state index is 0. The topological polar surface area (TPSA) is 62.5 Å². The van der Waals surface area contributed by atoms with E-state index in [-0.39, 0.29) is 24.0 Å². The maximum atomic E-state index is 5.51. The first kappa shape index (κ1) is 18.6. The van der Waals surface area contributed by atoms with Crippen molar-refractivity contribution in [2.45, 2.75) is 24.6 Å². The number of hydrogen-bond acceptors (Lipinski definition) is 5. The molecule has 0 amide bonds. The number of guanidine groups is 1. The second kappa shape index (κ2) is 9.53. The smallest absolute Gasteiger partial charge is 0.236 e. The number of aromatic nitrogens is 1. The predicted molar refractivity (Wildman–Crippen MR) is 109 cm³/mol. The van der Waals surface area contributed by atoms with Crippen LogP contribution in [0.2, 0.25) is 0 Å². The quantitative estimate of drug-likeness (QED) is 0.403. The molecule has 1 fully saturated rings. The Morgan fingerprint density at radius 1 is 1.48 bits per heavy atom. The lowest BCUT2D eigenvalue weighted by Gasteiger charge is -2.13. The van der Waals surface area contributed by atoms with Crippen LogP contribution in [0.1, 0.15) is 18.5 Å². The zero-order valence-corrected chi connectivity index (χ0v) is 16.9. The molecule has 0 saturated carbocycles. The average molecular weight is 464 g/mol. The predicted octanol–water partition coefficient (Wildman–Crippen LogP) is 3.58. The zero-order valence-electron chi connectivity index (χ0n) is 12.9. The summed E-state index contributed by atoms with van der Waals surface area (Å²) in [6, 6.07) is 4.00. The van der Waals surface area contributed by atoms with Gasteiger partial charge in [-0.05, 0) is 30.0 Å². The molecule has 3 rings (SSSR count). The van der Waals surface area contributed by atoms with E-state index < -0.39 is 0 Å². The summed E-state index contributed by atoms with van der Waals surface area (Å²) in [7, 11) is 1.79. The highest BCUT2D eigenvalue weighted by Gasteiger charge is 2.15. The van der Waals surface area contributed by atoms with Crippen LogP contribution < -0.4 is 10.6 Å². The molecule has 0 spiro atoms. The number of hydrogen-bond donors (Lipinski definition) is 2. The number of nitrogens with zero attached hydrogens (tertiary/aromatic N) is 2. The molecular weight excluding hydrogens is 443 g/mol. The SMILES string of the molecule is CN=C(NCc1coc(-c2cccs2)n1)NCC1CCCS1.I. The first-order valence-corrected chi connectivity index (χ1v) is 9.32. The van der Waals surface area contributed by atoms with Crippen molar-refractivity contribution in [3.8, 4) is 10.8 Å². The van der Waals surface area contributed by atoms with Crippen LogP contribution in [0.25, 0.3) is 10.8 Å². The van der Waals surface area contributed by atoms with Crippen LogP contribution in [-0.2, 0) is 6.54 Å². The lowest BCUT2D eigenvalue weighted by atomic mass is 10.2. The first-order chi connectivity index (χ1) is 10.8. The Morgan fingerprint density at radius 3 is 3.09 bits per heavy atom. The van der Waals surface area contributed by atoms with Crippen LogP contribution in [0.4, 0.5) is 0 Å². The fraction of sp³-hybridized carbons (Fsp3) is 0.467. The second-order valence-electron chi connectivity index (χ2n) is 5.06. The monoisotopic (exact) mass is 464 g/mol. The molecule has 2 aromatic rings. The molecular formula is C15H21IN4OS2. The van der Waals surface area contributed by atoms with E-state index in [0.29, 0.717) is 17.7 Å². The van der Waals surface area contributed by atoms with Gasteiger partial charge >= 0.3 is 0 Å². The molecule has 1 atom stereocenters. The van der Waals surface area contributed by atoms with E-state index >= 15 is 0 Å². The summed E-state index contributed by atoms with van der Waals surface area (Å²) in [6.07, 6.45) is 4.32. The van der Waals surface area contributed by atoms with E-state index in [1.807, 2.05) is 29.3 Å². The third-order valence-electron chi connectivity index (χ3n) is 3.47. The van der Waals surface area contributed by atoms with Crippen LogP contribution in [0.15, 0.2) is 33.2 Å². The lowest BCUT2D eigenvalue weighted by molar-refractivity contribution is 0.573. The van der Waals surface area contributed by atoms with E-state index in [0.717, 1.165) is 23.1 Å². The minimum Gasteiger partial charge on any atom is -0.443 e. The number of thiophene rings is 1. The summed E-state index contributed by atoms with van der Waals surface area (Å²) in [4.78, 5) is 9.79. The van der Waals surface area contributed by atoms with Crippen LogP contribution >= 0.6 is 47.1 Å². The molecule has 5 nitrogen and oxygen atoms in total.